The second-order valence-corrected chi connectivity index (χ2v) is 14.6. The molecule has 6 aliphatic rings. The molecule has 1 aromatic carbocycles. The fourth-order valence-electron chi connectivity index (χ4n) is 8.90. The molecule has 0 amide bonds. The van der Waals surface area contributed by atoms with Crippen LogP contribution in [-0.4, -0.2) is 48.2 Å². The average Bonchev–Trinajstić information content (AvgIpc) is 3.84. The maximum Gasteiger partial charge on any atom is 0.312 e. The highest BCUT2D eigenvalue weighted by atomic mass is 16.5. The lowest BCUT2D eigenvalue weighted by Gasteiger charge is -2.46. The number of carboxylic acid groups (broad SMARTS) is 1. The van der Waals surface area contributed by atoms with E-state index >= 15 is 0 Å². The number of nitrogens with zero attached hydrogens (tertiary/aromatic N) is 1. The molecule has 0 bridgehead atoms. The second-order valence-electron chi connectivity index (χ2n) is 14.6. The minimum Gasteiger partial charge on any atom is -0.481 e. The van der Waals surface area contributed by atoms with E-state index in [0.717, 1.165) is 76.8 Å². The van der Waals surface area contributed by atoms with Crippen molar-refractivity contribution in [1.82, 2.24) is 4.90 Å². The highest BCUT2D eigenvalue weighted by Gasteiger charge is 2.52. The van der Waals surface area contributed by atoms with Gasteiger partial charge in [-0.15, -0.1) is 0 Å². The summed E-state index contributed by atoms with van der Waals surface area (Å²) in [7, 11) is 1.50. The summed E-state index contributed by atoms with van der Waals surface area (Å²) in [6, 6.07) is 9.30. The van der Waals surface area contributed by atoms with Gasteiger partial charge in [-0.05, 0) is 93.2 Å². The Morgan fingerprint density at radius 3 is 2.34 bits per heavy atom. The number of likely N-dealkylation sites (tertiary alicyclic amines) is 1. The zero-order valence-corrected chi connectivity index (χ0v) is 25.2. The fourth-order valence-corrected chi connectivity index (χ4v) is 8.90. The molecule has 4 saturated carbocycles. The van der Waals surface area contributed by atoms with Crippen LogP contribution in [0.2, 0.25) is 0 Å². The van der Waals surface area contributed by atoms with Crippen molar-refractivity contribution in [3.8, 4) is 0 Å². The van der Waals surface area contributed by atoms with E-state index in [2.05, 4.69) is 54.8 Å². The third kappa shape index (κ3) is 5.56. The normalized spacial score (nSPS) is 36.2. The number of carboxylic acids is 1. The van der Waals surface area contributed by atoms with Crippen molar-refractivity contribution in [3.05, 3.63) is 53.6 Å². The van der Waals surface area contributed by atoms with Gasteiger partial charge >= 0.3 is 11.9 Å². The largest absolute Gasteiger partial charge is 0.481 e. The first-order chi connectivity index (χ1) is 19.7. The molecular weight excluding hydrogens is 510 g/mol. The Balaban J connectivity index is 0.000000182. The number of hydrogen-bond donors (Lipinski definition) is 1. The molecule has 5 fully saturated rings. The van der Waals surface area contributed by atoms with Gasteiger partial charge in [0.2, 0.25) is 0 Å². The first-order valence-electron chi connectivity index (χ1n) is 16.2. The number of fused-ring (bicyclic) bond motifs is 2. The molecule has 1 spiro atoms. The van der Waals surface area contributed by atoms with E-state index in [4.69, 9.17) is 4.74 Å². The first-order valence-corrected chi connectivity index (χ1v) is 16.2. The molecule has 5 aliphatic carbocycles. The minimum absolute atomic E-state index is 0.0111. The third-order valence-corrected chi connectivity index (χ3v) is 11.7. The van der Waals surface area contributed by atoms with Crippen molar-refractivity contribution < 1.29 is 19.4 Å². The topological polar surface area (TPSA) is 66.8 Å². The van der Waals surface area contributed by atoms with E-state index in [1.54, 1.807) is 0 Å². The van der Waals surface area contributed by atoms with Gasteiger partial charge in [-0.25, -0.2) is 0 Å². The van der Waals surface area contributed by atoms with E-state index < -0.39 is 11.4 Å². The first kappa shape index (κ1) is 28.7. The van der Waals surface area contributed by atoms with Crippen LogP contribution >= 0.6 is 0 Å². The number of esters is 1. The molecule has 7 rings (SSSR count). The highest BCUT2D eigenvalue weighted by molar-refractivity contribution is 5.78. The zero-order valence-electron chi connectivity index (χ0n) is 25.2. The van der Waals surface area contributed by atoms with E-state index in [9.17, 15) is 14.7 Å². The van der Waals surface area contributed by atoms with Crippen LogP contribution in [0.5, 0.6) is 0 Å². The second kappa shape index (κ2) is 11.0. The van der Waals surface area contributed by atoms with Crippen LogP contribution in [0.25, 0.3) is 6.08 Å². The fraction of sp³-hybridized carbons (Fsp3) is 0.667. The molecular formula is C36H49NO4. The molecule has 1 N–H and O–H groups in total. The van der Waals surface area contributed by atoms with Crippen LogP contribution in [0.4, 0.5) is 0 Å². The number of piperidine rings is 1. The van der Waals surface area contributed by atoms with Crippen LogP contribution in [0.3, 0.4) is 0 Å². The summed E-state index contributed by atoms with van der Waals surface area (Å²) in [5.41, 5.74) is 3.64. The quantitative estimate of drug-likeness (QED) is 0.278. The minimum atomic E-state index is -0.536. The Morgan fingerprint density at radius 2 is 1.73 bits per heavy atom. The summed E-state index contributed by atoms with van der Waals surface area (Å²) in [5.74, 6) is 1.48. The Morgan fingerprint density at radius 1 is 1.02 bits per heavy atom. The monoisotopic (exact) mass is 559 g/mol. The molecule has 1 aromatic rings. The van der Waals surface area contributed by atoms with Crippen molar-refractivity contribution >= 4 is 18.0 Å². The summed E-state index contributed by atoms with van der Waals surface area (Å²) in [4.78, 5) is 26.5. The van der Waals surface area contributed by atoms with Crippen molar-refractivity contribution in [2.75, 3.05) is 20.2 Å². The van der Waals surface area contributed by atoms with Gasteiger partial charge in [-0.2, -0.15) is 0 Å². The number of aliphatic carboxylic acids is 1. The van der Waals surface area contributed by atoms with Crippen molar-refractivity contribution in [2.24, 2.45) is 28.6 Å². The van der Waals surface area contributed by atoms with Gasteiger partial charge in [0, 0.05) is 18.0 Å². The number of rotatable bonds is 7. The van der Waals surface area contributed by atoms with Crippen molar-refractivity contribution in [2.45, 2.75) is 102 Å². The van der Waals surface area contributed by atoms with Gasteiger partial charge in [0.25, 0.3) is 0 Å². The standard InChI is InChI=1S/C24H31NO2.C12H18O2/c1-17-16-25(13-12-24(17)11-8-19-4-2-3-5-21(19)24)20-9-10-23(15-20,22(26)27)14-18-6-7-18;1-9-5-6-12(7-9,11(13)14-2)8-10-3-4-10/h2-5,8,11,17-18,20H,6-7,9-10,12-16H2,1H3,(H,26,27);10H,1,3-8H2,2H3/t17-,20?,23?,24-;/m0./s1. The maximum atomic E-state index is 12.1. The smallest absolute Gasteiger partial charge is 0.312 e. The predicted molar refractivity (Wildman–Crippen MR) is 162 cm³/mol. The number of carbonyl (C=O) groups excluding carboxylic acids is 1. The van der Waals surface area contributed by atoms with Gasteiger partial charge in [0.1, 0.15) is 0 Å². The van der Waals surface area contributed by atoms with Crippen LogP contribution in [-0.2, 0) is 19.7 Å². The average molecular weight is 560 g/mol. The lowest BCUT2D eigenvalue weighted by Crippen LogP contribution is -2.50. The Hall–Kier alpha value is -2.40. The van der Waals surface area contributed by atoms with Crippen LogP contribution in [0, 0.1) is 28.6 Å². The highest BCUT2D eigenvalue weighted by Crippen LogP contribution is 2.53. The number of benzene rings is 1. The molecule has 41 heavy (non-hydrogen) atoms. The zero-order chi connectivity index (χ0) is 28.8. The van der Waals surface area contributed by atoms with Crippen molar-refractivity contribution in [1.29, 1.82) is 0 Å². The summed E-state index contributed by atoms with van der Waals surface area (Å²) in [6.45, 7) is 8.55. The van der Waals surface area contributed by atoms with Crippen LogP contribution in [0.15, 0.2) is 42.5 Å². The molecule has 5 nitrogen and oxygen atoms in total. The van der Waals surface area contributed by atoms with Gasteiger partial charge in [-0.3, -0.25) is 14.5 Å². The summed E-state index contributed by atoms with van der Waals surface area (Å²) in [6.07, 6.45) is 18.6. The van der Waals surface area contributed by atoms with Gasteiger partial charge in [0.15, 0.2) is 0 Å². The predicted octanol–water partition coefficient (Wildman–Crippen LogP) is 7.40. The SMILES string of the molecule is C=C1CCC(CC2CC2)(C(=O)OC)C1.C[C@H]1CN(C2CCC(CC3CC3)(C(=O)O)C2)CC[C@@]12C=Cc1ccccc12. The Labute approximate surface area is 246 Å². The molecule has 1 heterocycles. The molecule has 1 aliphatic heterocycles. The molecule has 3 unspecified atom stereocenters. The van der Waals surface area contributed by atoms with Gasteiger partial charge in [0.05, 0.1) is 17.9 Å². The molecule has 0 aromatic heterocycles. The molecule has 5 heteroatoms. The maximum absolute atomic E-state index is 12.1. The number of ether oxygens (including phenoxy) is 1. The van der Waals surface area contributed by atoms with E-state index in [1.165, 1.54) is 49.5 Å². The molecule has 0 radical (unpaired) electrons. The number of methoxy groups -OCH3 is 1. The van der Waals surface area contributed by atoms with E-state index in [-0.39, 0.29) is 16.8 Å². The molecule has 1 saturated heterocycles. The molecule has 222 valence electrons. The van der Waals surface area contributed by atoms with Crippen LogP contribution in [0.1, 0.15) is 102 Å². The van der Waals surface area contributed by atoms with Gasteiger partial charge in [-0.1, -0.05) is 81.2 Å². The number of allylic oxidation sites excluding steroid dienone is 2. The summed E-state index contributed by atoms with van der Waals surface area (Å²) >= 11 is 0. The van der Waals surface area contributed by atoms with E-state index in [1.807, 2.05) is 0 Å². The summed E-state index contributed by atoms with van der Waals surface area (Å²) in [5, 5.41) is 9.96. The number of carbonyl (C=O) groups is 2. The van der Waals surface area contributed by atoms with Crippen LogP contribution < -0.4 is 0 Å². The van der Waals surface area contributed by atoms with Gasteiger partial charge < -0.3 is 9.84 Å². The molecule has 5 atom stereocenters. The Kier molecular flexibility index (Phi) is 7.72. The number of hydrogen-bond acceptors (Lipinski definition) is 4. The lowest BCUT2D eigenvalue weighted by molar-refractivity contribution is -0.153. The third-order valence-electron chi connectivity index (χ3n) is 11.7. The van der Waals surface area contributed by atoms with E-state index in [0.29, 0.717) is 17.9 Å². The lowest BCUT2D eigenvalue weighted by atomic mass is 9.67. The Bertz CT molecular complexity index is 1210. The summed E-state index contributed by atoms with van der Waals surface area (Å²) < 4.78 is 4.93. The van der Waals surface area contributed by atoms with Crippen molar-refractivity contribution in [3.63, 3.8) is 0 Å².